The lowest BCUT2D eigenvalue weighted by Crippen LogP contribution is -2.45. The van der Waals surface area contributed by atoms with E-state index in [4.69, 9.17) is 0 Å². The van der Waals surface area contributed by atoms with Crippen LogP contribution in [0.1, 0.15) is 25.3 Å². The molecule has 1 aliphatic rings. The second-order valence-electron chi connectivity index (χ2n) is 6.82. The first-order chi connectivity index (χ1) is 13.6. The fourth-order valence-electron chi connectivity index (χ4n) is 3.02. The summed E-state index contributed by atoms with van der Waals surface area (Å²) in [7, 11) is -5.25. The van der Waals surface area contributed by atoms with E-state index in [9.17, 15) is 26.0 Å². The maximum absolute atomic E-state index is 12.9. The number of hydrogen-bond acceptors (Lipinski definition) is 3. The van der Waals surface area contributed by atoms with Gasteiger partial charge in [0.25, 0.3) is 0 Å². The SMILES string of the molecule is CCNC(=NCC1CCN(S(=O)(=O)C(F)(F)F)CC1)NCCc1ccc(F)cc1. The van der Waals surface area contributed by atoms with Crippen LogP contribution in [0.4, 0.5) is 17.6 Å². The highest BCUT2D eigenvalue weighted by atomic mass is 32.2. The van der Waals surface area contributed by atoms with Gasteiger partial charge in [0.1, 0.15) is 5.82 Å². The van der Waals surface area contributed by atoms with Crippen molar-refractivity contribution in [1.82, 2.24) is 14.9 Å². The van der Waals surface area contributed by atoms with Gasteiger partial charge in [-0.3, -0.25) is 4.99 Å². The largest absolute Gasteiger partial charge is 0.511 e. The molecule has 0 aromatic heterocycles. The average Bonchev–Trinajstić information content (AvgIpc) is 2.67. The summed E-state index contributed by atoms with van der Waals surface area (Å²) in [4.78, 5) is 4.46. The molecule has 0 atom stereocenters. The van der Waals surface area contributed by atoms with Gasteiger partial charge in [0.15, 0.2) is 5.96 Å². The standard InChI is InChI=1S/C18H26F4N4O2S/c1-2-23-17(24-10-7-14-3-5-16(19)6-4-14)25-13-15-8-11-26(12-9-15)29(27,28)18(20,21)22/h3-6,15H,2,7-13H2,1H3,(H2,23,24,25). The molecule has 0 radical (unpaired) electrons. The molecule has 6 nitrogen and oxygen atoms in total. The van der Waals surface area contributed by atoms with Crippen LogP contribution in [0, 0.1) is 11.7 Å². The van der Waals surface area contributed by atoms with Crippen molar-refractivity contribution in [3.05, 3.63) is 35.6 Å². The van der Waals surface area contributed by atoms with E-state index in [-0.39, 0.29) is 24.8 Å². The van der Waals surface area contributed by atoms with Crippen LogP contribution >= 0.6 is 0 Å². The van der Waals surface area contributed by atoms with Crippen molar-refractivity contribution in [1.29, 1.82) is 0 Å². The zero-order chi connectivity index (χ0) is 21.5. The fraction of sp³-hybridized carbons (Fsp3) is 0.611. The van der Waals surface area contributed by atoms with E-state index in [0.717, 1.165) is 5.56 Å². The number of piperidine rings is 1. The first kappa shape index (κ1) is 23.4. The summed E-state index contributed by atoms with van der Waals surface area (Å²) in [6, 6.07) is 6.23. The topological polar surface area (TPSA) is 73.8 Å². The highest BCUT2D eigenvalue weighted by Crippen LogP contribution is 2.30. The first-order valence-corrected chi connectivity index (χ1v) is 10.9. The lowest BCUT2D eigenvalue weighted by Gasteiger charge is -2.30. The van der Waals surface area contributed by atoms with Crippen molar-refractivity contribution in [2.45, 2.75) is 31.7 Å². The maximum atomic E-state index is 12.9. The van der Waals surface area contributed by atoms with Crippen molar-refractivity contribution >= 4 is 16.0 Å². The summed E-state index contributed by atoms with van der Waals surface area (Å²) in [5.41, 5.74) is -4.28. The number of hydrogen-bond donors (Lipinski definition) is 2. The molecule has 0 unspecified atom stereocenters. The highest BCUT2D eigenvalue weighted by Gasteiger charge is 2.50. The summed E-state index contributed by atoms with van der Waals surface area (Å²) in [6.07, 6.45) is 1.33. The number of nitrogens with zero attached hydrogens (tertiary/aromatic N) is 2. The van der Waals surface area contributed by atoms with E-state index in [2.05, 4.69) is 15.6 Å². The third kappa shape index (κ3) is 6.84. The summed E-state index contributed by atoms with van der Waals surface area (Å²) >= 11 is 0. The molecule has 1 heterocycles. The van der Waals surface area contributed by atoms with Crippen molar-refractivity contribution in [3.8, 4) is 0 Å². The Hall–Kier alpha value is -1.88. The Labute approximate surface area is 168 Å². The fourth-order valence-corrected chi connectivity index (χ4v) is 4.00. The minimum absolute atomic E-state index is 0.0160. The molecule has 1 aromatic rings. The molecule has 1 saturated heterocycles. The lowest BCUT2D eigenvalue weighted by molar-refractivity contribution is -0.0496. The van der Waals surface area contributed by atoms with Gasteiger partial charge in [0, 0.05) is 32.7 Å². The normalized spacial score (nSPS) is 17.3. The van der Waals surface area contributed by atoms with Crippen LogP contribution in [0.5, 0.6) is 0 Å². The smallest absolute Gasteiger partial charge is 0.357 e. The number of guanidine groups is 1. The van der Waals surface area contributed by atoms with Crippen LogP contribution in [0.15, 0.2) is 29.3 Å². The number of alkyl halides is 3. The molecule has 2 rings (SSSR count). The van der Waals surface area contributed by atoms with E-state index >= 15 is 0 Å². The zero-order valence-electron chi connectivity index (χ0n) is 16.2. The molecule has 0 bridgehead atoms. The quantitative estimate of drug-likeness (QED) is 0.390. The zero-order valence-corrected chi connectivity index (χ0v) is 17.0. The third-order valence-electron chi connectivity index (χ3n) is 4.68. The second-order valence-corrected chi connectivity index (χ2v) is 8.75. The Balaban J connectivity index is 1.82. The Kier molecular flexibility index (Phi) is 8.26. The molecule has 0 saturated carbocycles. The van der Waals surface area contributed by atoms with Crippen molar-refractivity contribution < 1.29 is 26.0 Å². The number of halogens is 4. The molecule has 1 fully saturated rings. The molecule has 29 heavy (non-hydrogen) atoms. The van der Waals surface area contributed by atoms with Crippen LogP contribution in [0.3, 0.4) is 0 Å². The van der Waals surface area contributed by atoms with Gasteiger partial charge in [-0.15, -0.1) is 0 Å². The van der Waals surface area contributed by atoms with Crippen LogP contribution in [-0.4, -0.2) is 56.9 Å². The molecule has 0 aliphatic carbocycles. The molecule has 0 amide bonds. The van der Waals surface area contributed by atoms with Gasteiger partial charge in [0.2, 0.25) is 0 Å². The maximum Gasteiger partial charge on any atom is 0.511 e. The van der Waals surface area contributed by atoms with Crippen LogP contribution in [0.2, 0.25) is 0 Å². The number of sulfonamides is 1. The highest BCUT2D eigenvalue weighted by molar-refractivity contribution is 7.90. The van der Waals surface area contributed by atoms with Gasteiger partial charge < -0.3 is 10.6 Å². The second kappa shape index (κ2) is 10.2. The number of nitrogens with one attached hydrogen (secondary N) is 2. The van der Waals surface area contributed by atoms with Crippen molar-refractivity contribution in [2.24, 2.45) is 10.9 Å². The minimum Gasteiger partial charge on any atom is -0.357 e. The Bertz CT molecular complexity index is 774. The summed E-state index contributed by atoms with van der Waals surface area (Å²) in [5, 5.41) is 6.26. The predicted molar refractivity (Wildman–Crippen MR) is 103 cm³/mol. The van der Waals surface area contributed by atoms with E-state index in [1.54, 1.807) is 12.1 Å². The van der Waals surface area contributed by atoms with E-state index < -0.39 is 15.5 Å². The van der Waals surface area contributed by atoms with E-state index in [1.807, 2.05) is 6.92 Å². The van der Waals surface area contributed by atoms with E-state index in [1.165, 1.54) is 12.1 Å². The minimum atomic E-state index is -5.26. The molecule has 11 heteroatoms. The Morgan fingerprint density at radius 1 is 1.17 bits per heavy atom. The summed E-state index contributed by atoms with van der Waals surface area (Å²) in [5.74, 6) is 0.313. The monoisotopic (exact) mass is 438 g/mol. The molecular formula is C18H26F4N4O2S. The van der Waals surface area contributed by atoms with Gasteiger partial charge >= 0.3 is 15.5 Å². The first-order valence-electron chi connectivity index (χ1n) is 9.46. The molecule has 0 spiro atoms. The molecule has 164 valence electrons. The third-order valence-corrected chi connectivity index (χ3v) is 6.31. The molecule has 1 aliphatic heterocycles. The van der Waals surface area contributed by atoms with Gasteiger partial charge in [-0.2, -0.15) is 17.5 Å². The summed E-state index contributed by atoms with van der Waals surface area (Å²) < 4.78 is 74.2. The molecular weight excluding hydrogens is 412 g/mol. The summed E-state index contributed by atoms with van der Waals surface area (Å²) in [6.45, 7) is 3.22. The Morgan fingerprint density at radius 3 is 2.34 bits per heavy atom. The van der Waals surface area contributed by atoms with Crippen molar-refractivity contribution in [2.75, 3.05) is 32.7 Å². The van der Waals surface area contributed by atoms with Crippen molar-refractivity contribution in [3.63, 3.8) is 0 Å². The number of rotatable bonds is 7. The van der Waals surface area contributed by atoms with Gasteiger partial charge in [-0.05, 0) is 49.8 Å². The van der Waals surface area contributed by atoms with E-state index in [0.29, 0.717) is 49.2 Å². The Morgan fingerprint density at radius 2 is 1.79 bits per heavy atom. The van der Waals surface area contributed by atoms with Crippen LogP contribution in [0.25, 0.3) is 0 Å². The lowest BCUT2D eigenvalue weighted by atomic mass is 9.98. The van der Waals surface area contributed by atoms with Gasteiger partial charge in [-0.25, -0.2) is 12.8 Å². The molecule has 1 aromatic carbocycles. The van der Waals surface area contributed by atoms with Crippen LogP contribution in [-0.2, 0) is 16.4 Å². The van der Waals surface area contributed by atoms with Gasteiger partial charge in [0.05, 0.1) is 0 Å². The predicted octanol–water partition coefficient (Wildman–Crippen LogP) is 2.48. The number of benzene rings is 1. The average molecular weight is 438 g/mol. The number of aliphatic imine (C=N–C) groups is 1. The van der Waals surface area contributed by atoms with Gasteiger partial charge in [-0.1, -0.05) is 12.1 Å². The van der Waals surface area contributed by atoms with Crippen LogP contribution < -0.4 is 10.6 Å². The molecule has 2 N–H and O–H groups in total.